The molecule has 0 fully saturated rings. The lowest BCUT2D eigenvalue weighted by molar-refractivity contribution is -0.702. The number of benzene rings is 2. The lowest BCUT2D eigenvalue weighted by Crippen LogP contribution is -3.00. The van der Waals surface area contributed by atoms with Gasteiger partial charge in [-0.05, 0) is 24.3 Å². The zero-order valence-corrected chi connectivity index (χ0v) is 18.2. The van der Waals surface area contributed by atoms with Gasteiger partial charge in [0.15, 0.2) is 25.5 Å². The molecule has 4 rings (SSSR count). The van der Waals surface area contributed by atoms with Crippen LogP contribution in [0.2, 0.25) is 0 Å². The number of pyridine rings is 2. The van der Waals surface area contributed by atoms with E-state index < -0.39 is 0 Å². The van der Waals surface area contributed by atoms with Gasteiger partial charge in [-0.2, -0.15) is 9.13 Å². The summed E-state index contributed by atoms with van der Waals surface area (Å²) >= 11 is 0. The molecule has 0 saturated heterocycles. The van der Waals surface area contributed by atoms with Crippen LogP contribution in [0.1, 0.15) is 6.42 Å². The average Bonchev–Trinajstić information content (AvgIpc) is 2.62. The van der Waals surface area contributed by atoms with Gasteiger partial charge in [0.25, 0.3) is 0 Å². The number of hydrogen-bond donors (Lipinski definition) is 0. The van der Waals surface area contributed by atoms with Gasteiger partial charge in [-0.25, -0.2) is 0 Å². The van der Waals surface area contributed by atoms with E-state index in [1.807, 2.05) is 0 Å². The molecule has 0 aliphatic heterocycles. The molecule has 2 aromatic carbocycles. The minimum atomic E-state index is 0. The Hall–Kier alpha value is -1.28. The first-order valence-corrected chi connectivity index (χ1v) is 8.16. The van der Waals surface area contributed by atoms with Crippen molar-refractivity contribution >= 4 is 21.8 Å². The van der Waals surface area contributed by atoms with E-state index >= 15 is 0 Å². The Morgan fingerprint density at radius 2 is 0.920 bits per heavy atom. The van der Waals surface area contributed by atoms with Crippen LogP contribution in [0.15, 0.2) is 85.2 Å². The standard InChI is InChI=1S/C21H20N2.2HI/c1-3-12-20-18(8-1)10-5-14-22(20)16-7-17-23-15-6-11-19-9-2-4-13-21(19)23;;/h1-6,8-15H,7,16-17H2;2*1H/q+2;;/p-2. The number of aryl methyl sites for hydroxylation is 2. The van der Waals surface area contributed by atoms with E-state index in [0.29, 0.717) is 0 Å². The van der Waals surface area contributed by atoms with Crippen molar-refractivity contribution in [3.8, 4) is 0 Å². The Morgan fingerprint density at radius 1 is 0.520 bits per heavy atom. The lowest BCUT2D eigenvalue weighted by atomic mass is 10.2. The van der Waals surface area contributed by atoms with Crippen molar-refractivity contribution in [1.82, 2.24) is 0 Å². The first-order valence-electron chi connectivity index (χ1n) is 8.16. The number of halogens is 2. The van der Waals surface area contributed by atoms with Crippen LogP contribution in [0.3, 0.4) is 0 Å². The summed E-state index contributed by atoms with van der Waals surface area (Å²) < 4.78 is 4.70. The molecule has 0 aliphatic carbocycles. The number of fused-ring (bicyclic) bond motifs is 2. The van der Waals surface area contributed by atoms with Crippen molar-refractivity contribution in [2.24, 2.45) is 0 Å². The minimum Gasteiger partial charge on any atom is -1.00 e. The van der Waals surface area contributed by atoms with Crippen LogP contribution in [-0.2, 0) is 13.1 Å². The Morgan fingerprint density at radius 3 is 1.40 bits per heavy atom. The highest BCUT2D eigenvalue weighted by Gasteiger charge is 2.11. The molecule has 0 saturated carbocycles. The van der Waals surface area contributed by atoms with Crippen LogP contribution >= 0.6 is 0 Å². The zero-order chi connectivity index (χ0) is 15.5. The van der Waals surface area contributed by atoms with Gasteiger partial charge < -0.3 is 48.0 Å². The predicted octanol–water partition coefficient (Wildman–Crippen LogP) is -2.33. The fraction of sp³-hybridized carbons (Fsp3) is 0.143. The maximum atomic E-state index is 2.35. The van der Waals surface area contributed by atoms with Gasteiger partial charge in [0.1, 0.15) is 0 Å². The Labute approximate surface area is 182 Å². The Kier molecular flexibility index (Phi) is 7.56. The maximum absolute atomic E-state index is 2.35. The Bertz CT molecular complexity index is 880. The highest BCUT2D eigenvalue weighted by Crippen LogP contribution is 2.09. The minimum absolute atomic E-state index is 0. The monoisotopic (exact) mass is 554 g/mol. The number of aromatic nitrogens is 2. The molecule has 0 atom stereocenters. The van der Waals surface area contributed by atoms with E-state index in [0.717, 1.165) is 19.5 Å². The van der Waals surface area contributed by atoms with Crippen molar-refractivity contribution in [2.45, 2.75) is 19.5 Å². The van der Waals surface area contributed by atoms with E-state index in [9.17, 15) is 0 Å². The van der Waals surface area contributed by atoms with Gasteiger partial charge in [0.05, 0.1) is 6.42 Å². The molecule has 0 amide bonds. The molecule has 0 N–H and O–H groups in total. The van der Waals surface area contributed by atoms with E-state index in [1.54, 1.807) is 0 Å². The molecule has 2 heterocycles. The third-order valence-corrected chi connectivity index (χ3v) is 4.37. The molecule has 0 radical (unpaired) electrons. The molecule has 0 spiro atoms. The highest BCUT2D eigenvalue weighted by molar-refractivity contribution is 5.75. The number of nitrogens with zero attached hydrogens (tertiary/aromatic N) is 2. The van der Waals surface area contributed by atoms with Crippen molar-refractivity contribution in [3.05, 3.63) is 85.2 Å². The SMILES string of the molecule is [I-].[I-].c1ccc2c(c1)ccc[n+]2CCC[n+]1cccc2ccccc21. The zero-order valence-electron chi connectivity index (χ0n) is 13.9. The highest BCUT2D eigenvalue weighted by atomic mass is 127. The van der Waals surface area contributed by atoms with Gasteiger partial charge in [-0.3, -0.25) is 0 Å². The second-order valence-electron chi connectivity index (χ2n) is 5.87. The number of rotatable bonds is 4. The summed E-state index contributed by atoms with van der Waals surface area (Å²) in [5.74, 6) is 0. The molecule has 4 aromatic rings. The van der Waals surface area contributed by atoms with Crippen molar-refractivity contribution in [3.63, 3.8) is 0 Å². The van der Waals surface area contributed by atoms with Gasteiger partial charge >= 0.3 is 0 Å². The predicted molar refractivity (Wildman–Crippen MR) is 92.9 cm³/mol. The summed E-state index contributed by atoms with van der Waals surface area (Å²) in [4.78, 5) is 0. The molecule has 25 heavy (non-hydrogen) atoms. The van der Waals surface area contributed by atoms with E-state index in [2.05, 4.69) is 94.3 Å². The third-order valence-electron chi connectivity index (χ3n) is 4.37. The molecule has 2 nitrogen and oxygen atoms in total. The van der Waals surface area contributed by atoms with Gasteiger partial charge in [-0.15, -0.1) is 0 Å². The number of hydrogen-bond acceptors (Lipinski definition) is 0. The smallest absolute Gasteiger partial charge is 0.212 e. The van der Waals surface area contributed by atoms with Gasteiger partial charge in [-0.1, -0.05) is 24.3 Å². The lowest BCUT2D eigenvalue weighted by Gasteiger charge is -2.02. The molecular formula is C21H20I2N2. The van der Waals surface area contributed by atoms with Crippen molar-refractivity contribution in [2.75, 3.05) is 0 Å². The van der Waals surface area contributed by atoms with E-state index in [1.165, 1.54) is 21.8 Å². The second kappa shape index (κ2) is 9.43. The second-order valence-corrected chi connectivity index (χ2v) is 5.87. The van der Waals surface area contributed by atoms with E-state index in [-0.39, 0.29) is 48.0 Å². The molecule has 4 heteroatoms. The van der Waals surface area contributed by atoms with E-state index in [4.69, 9.17) is 0 Å². The van der Waals surface area contributed by atoms with Crippen LogP contribution in [0.4, 0.5) is 0 Å². The molecule has 128 valence electrons. The van der Waals surface area contributed by atoms with Crippen LogP contribution in [0.25, 0.3) is 21.8 Å². The first-order chi connectivity index (χ1) is 11.4. The van der Waals surface area contributed by atoms with Crippen molar-refractivity contribution in [1.29, 1.82) is 0 Å². The number of para-hydroxylation sites is 2. The maximum Gasteiger partial charge on any atom is 0.212 e. The molecule has 0 unspecified atom stereocenters. The molecular weight excluding hydrogens is 534 g/mol. The summed E-state index contributed by atoms with van der Waals surface area (Å²) in [6, 6.07) is 25.8. The van der Waals surface area contributed by atoms with Crippen LogP contribution < -0.4 is 57.1 Å². The average molecular weight is 554 g/mol. The summed E-state index contributed by atoms with van der Waals surface area (Å²) in [5.41, 5.74) is 2.61. The quantitative estimate of drug-likeness (QED) is 0.198. The summed E-state index contributed by atoms with van der Waals surface area (Å²) in [6.45, 7) is 2.05. The topological polar surface area (TPSA) is 7.76 Å². The normalized spacial score (nSPS) is 10.2. The summed E-state index contributed by atoms with van der Waals surface area (Å²) in [6.07, 6.45) is 5.46. The molecule has 0 bridgehead atoms. The van der Waals surface area contributed by atoms with Crippen LogP contribution in [0.5, 0.6) is 0 Å². The largest absolute Gasteiger partial charge is 1.00 e. The molecule has 2 aromatic heterocycles. The summed E-state index contributed by atoms with van der Waals surface area (Å²) in [7, 11) is 0. The third kappa shape index (κ3) is 4.47. The van der Waals surface area contributed by atoms with Gasteiger partial charge in [0, 0.05) is 35.0 Å². The van der Waals surface area contributed by atoms with Crippen LogP contribution in [0, 0.1) is 0 Å². The van der Waals surface area contributed by atoms with Crippen LogP contribution in [-0.4, -0.2) is 0 Å². The fourth-order valence-electron chi connectivity index (χ4n) is 3.24. The fourth-order valence-corrected chi connectivity index (χ4v) is 3.24. The summed E-state index contributed by atoms with van der Waals surface area (Å²) in [5, 5.41) is 2.60. The van der Waals surface area contributed by atoms with Gasteiger partial charge in [0.2, 0.25) is 11.0 Å². The first kappa shape index (κ1) is 20.0. The molecule has 0 aliphatic rings. The Balaban J connectivity index is 0.00000113. The van der Waals surface area contributed by atoms with Crippen molar-refractivity contribution < 1.29 is 57.1 Å².